The molecule has 3 nitrogen and oxygen atoms in total. The van der Waals surface area contributed by atoms with Gasteiger partial charge in [-0.05, 0) is 0 Å². The van der Waals surface area contributed by atoms with Crippen molar-refractivity contribution in [3.8, 4) is 0 Å². The summed E-state index contributed by atoms with van der Waals surface area (Å²) in [6.07, 6.45) is -2.90. The molecule has 0 saturated carbocycles. The first-order chi connectivity index (χ1) is 18.8. The SMILES string of the molecule is CCCCn1c([S][Sn]([c]2ccccc2)([c]2ccccc2)[c]2ccccc2)nc2cc(C(F)(F)F)ccc2c1=O. The van der Waals surface area contributed by atoms with Crippen molar-refractivity contribution in [3.63, 3.8) is 0 Å². The zero-order valence-corrected chi connectivity index (χ0v) is 25.0. The van der Waals surface area contributed by atoms with Gasteiger partial charge < -0.3 is 0 Å². The summed E-state index contributed by atoms with van der Waals surface area (Å²) in [5.74, 6) is 0. The third-order valence-corrected chi connectivity index (χ3v) is 26.3. The number of halogens is 3. The van der Waals surface area contributed by atoms with E-state index in [9.17, 15) is 18.0 Å². The van der Waals surface area contributed by atoms with Crippen LogP contribution >= 0.6 is 8.95 Å². The van der Waals surface area contributed by atoms with Gasteiger partial charge >= 0.3 is 233 Å². The Morgan fingerprint density at radius 1 is 0.795 bits per heavy atom. The van der Waals surface area contributed by atoms with Gasteiger partial charge in [0.15, 0.2) is 0 Å². The minimum absolute atomic E-state index is 0.0689. The fourth-order valence-electron chi connectivity index (χ4n) is 4.80. The third-order valence-electron chi connectivity index (χ3n) is 6.77. The van der Waals surface area contributed by atoms with Crippen molar-refractivity contribution in [3.05, 3.63) is 125 Å². The van der Waals surface area contributed by atoms with E-state index < -0.39 is 28.7 Å². The van der Waals surface area contributed by atoms with Crippen LogP contribution in [0.1, 0.15) is 25.3 Å². The van der Waals surface area contributed by atoms with Gasteiger partial charge in [-0.3, -0.25) is 0 Å². The average molecular weight is 651 g/mol. The number of hydrogen-bond donors (Lipinski definition) is 0. The van der Waals surface area contributed by atoms with Crippen molar-refractivity contribution in [1.29, 1.82) is 0 Å². The number of hydrogen-bond acceptors (Lipinski definition) is 3. The third kappa shape index (κ3) is 5.52. The maximum atomic E-state index is 13.8. The Bertz CT molecular complexity index is 1530. The Morgan fingerprint density at radius 3 is 1.77 bits per heavy atom. The van der Waals surface area contributed by atoms with Crippen LogP contribution in [0.25, 0.3) is 10.9 Å². The molecule has 0 atom stereocenters. The molecular formula is C31H27F3N2OSSn. The van der Waals surface area contributed by atoms with Crippen molar-refractivity contribution in [2.24, 2.45) is 0 Å². The van der Waals surface area contributed by atoms with Crippen LogP contribution in [0, 0.1) is 0 Å². The molecule has 8 heteroatoms. The molecule has 0 bridgehead atoms. The Kier molecular flexibility index (Phi) is 8.18. The first-order valence-electron chi connectivity index (χ1n) is 12.8. The number of alkyl halides is 3. The Hall–Kier alpha value is -3.04. The monoisotopic (exact) mass is 652 g/mol. The molecule has 198 valence electrons. The predicted octanol–water partition coefficient (Wildman–Crippen LogP) is 5.97. The molecule has 0 spiro atoms. The summed E-state index contributed by atoms with van der Waals surface area (Å²) in [4.78, 5) is 18.6. The number of aromatic nitrogens is 2. The second kappa shape index (κ2) is 11.6. The van der Waals surface area contributed by atoms with Crippen LogP contribution < -0.4 is 16.3 Å². The Morgan fingerprint density at radius 2 is 1.31 bits per heavy atom. The fourth-order valence-corrected chi connectivity index (χ4v) is 23.8. The number of nitrogens with zero attached hydrogens (tertiary/aromatic N) is 2. The minimum atomic E-state index is -4.53. The molecule has 0 amide bonds. The van der Waals surface area contributed by atoms with Crippen molar-refractivity contribution < 1.29 is 13.2 Å². The molecule has 0 unspecified atom stereocenters. The van der Waals surface area contributed by atoms with E-state index in [-0.39, 0.29) is 16.5 Å². The molecule has 1 aromatic heterocycles. The van der Waals surface area contributed by atoms with Gasteiger partial charge in [-0.2, -0.15) is 0 Å². The van der Waals surface area contributed by atoms with Gasteiger partial charge in [0.1, 0.15) is 0 Å². The molecule has 0 saturated heterocycles. The molecule has 5 aromatic rings. The fraction of sp³-hybridized carbons (Fsp3) is 0.161. The molecule has 0 radical (unpaired) electrons. The van der Waals surface area contributed by atoms with Gasteiger partial charge in [0.25, 0.3) is 0 Å². The van der Waals surface area contributed by atoms with E-state index in [0.29, 0.717) is 11.7 Å². The molecule has 0 N–H and O–H groups in total. The van der Waals surface area contributed by atoms with Gasteiger partial charge in [-0.15, -0.1) is 0 Å². The number of benzene rings is 4. The van der Waals surface area contributed by atoms with E-state index in [1.807, 2.05) is 61.5 Å². The van der Waals surface area contributed by atoms with Crippen molar-refractivity contribution >= 4 is 47.6 Å². The Balaban J connectivity index is 1.83. The molecule has 39 heavy (non-hydrogen) atoms. The van der Waals surface area contributed by atoms with Crippen LogP contribution in [-0.4, -0.2) is 26.5 Å². The molecule has 0 aliphatic heterocycles. The van der Waals surface area contributed by atoms with Crippen LogP contribution in [0.15, 0.2) is 119 Å². The van der Waals surface area contributed by atoms with E-state index >= 15 is 0 Å². The number of unbranched alkanes of at least 4 members (excludes halogenated alkanes) is 1. The second-order valence-corrected chi connectivity index (χ2v) is 24.6. The quantitative estimate of drug-likeness (QED) is 0.153. The van der Waals surface area contributed by atoms with Gasteiger partial charge in [-0.25, -0.2) is 0 Å². The first kappa shape index (κ1) is 27.5. The number of fused-ring (bicyclic) bond motifs is 1. The standard InChI is InChI=1S/C13H13F3N2OS.3C6H5.Sn/c1-2-3-6-18-11(19)9-5-4-8(13(14,15)16)7-10(9)17-12(18)20;3*1-2-4-6-5-3-1;/h4-5,7H,2-3,6H2,1H3,(H,17,20);3*1-5H;/q;;;;+1/p-1. The second-order valence-electron chi connectivity index (χ2n) is 9.32. The number of rotatable bonds is 8. The molecule has 4 aromatic carbocycles. The normalized spacial score (nSPS) is 12.1. The summed E-state index contributed by atoms with van der Waals surface area (Å²) in [7, 11) is 1.60. The van der Waals surface area contributed by atoms with E-state index in [1.165, 1.54) is 16.8 Å². The van der Waals surface area contributed by atoms with Crippen LogP contribution in [0.4, 0.5) is 13.2 Å². The van der Waals surface area contributed by atoms with Gasteiger partial charge in [0, 0.05) is 0 Å². The molecular weight excluding hydrogens is 624 g/mol. The van der Waals surface area contributed by atoms with Crippen molar-refractivity contribution in [2.45, 2.75) is 37.6 Å². The summed E-state index contributed by atoms with van der Waals surface area (Å²) in [5.41, 5.74) is -1.05. The average Bonchev–Trinajstić information content (AvgIpc) is 2.96. The summed E-state index contributed by atoms with van der Waals surface area (Å²) in [5, 5.41) is 0.663. The summed E-state index contributed by atoms with van der Waals surface area (Å²) in [6, 6.07) is 34.0. The van der Waals surface area contributed by atoms with E-state index in [2.05, 4.69) is 36.4 Å². The summed E-state index contributed by atoms with van der Waals surface area (Å²) < 4.78 is 46.0. The summed E-state index contributed by atoms with van der Waals surface area (Å²) >= 11 is -4.00. The topological polar surface area (TPSA) is 34.9 Å². The van der Waals surface area contributed by atoms with E-state index in [0.717, 1.165) is 25.0 Å². The molecule has 0 aliphatic rings. The maximum absolute atomic E-state index is 13.8. The molecule has 0 fully saturated rings. The summed E-state index contributed by atoms with van der Waals surface area (Å²) in [6.45, 7) is 2.49. The predicted molar refractivity (Wildman–Crippen MR) is 156 cm³/mol. The van der Waals surface area contributed by atoms with Gasteiger partial charge in [-0.1, -0.05) is 0 Å². The van der Waals surface area contributed by atoms with Crippen LogP contribution in [-0.2, 0) is 12.7 Å². The van der Waals surface area contributed by atoms with Gasteiger partial charge in [0.05, 0.1) is 0 Å². The van der Waals surface area contributed by atoms with Crippen molar-refractivity contribution in [2.75, 3.05) is 0 Å². The molecule has 1 heterocycles. The van der Waals surface area contributed by atoms with E-state index in [4.69, 9.17) is 4.98 Å². The van der Waals surface area contributed by atoms with E-state index in [1.54, 1.807) is 13.5 Å². The first-order valence-corrected chi connectivity index (χ1v) is 21.4. The Labute approximate surface area is 232 Å². The molecule has 0 aliphatic carbocycles. The van der Waals surface area contributed by atoms with Crippen LogP contribution in [0.3, 0.4) is 0 Å². The van der Waals surface area contributed by atoms with Crippen LogP contribution in [0.5, 0.6) is 0 Å². The van der Waals surface area contributed by atoms with Crippen LogP contribution in [0.2, 0.25) is 0 Å². The van der Waals surface area contributed by atoms with Gasteiger partial charge in [0.2, 0.25) is 0 Å². The zero-order valence-electron chi connectivity index (χ0n) is 21.4. The van der Waals surface area contributed by atoms with Crippen molar-refractivity contribution in [1.82, 2.24) is 9.55 Å². The molecule has 5 rings (SSSR count). The zero-order chi connectivity index (χ0) is 27.5.